The molecule has 9 nitrogen and oxygen atoms in total. The molecular weight excluding hydrogens is 636 g/mol. The van der Waals surface area contributed by atoms with Crippen molar-refractivity contribution >= 4 is 27.7 Å². The summed E-state index contributed by atoms with van der Waals surface area (Å²) in [4.78, 5) is 34.1. The maximum absolute atomic E-state index is 13.0. The minimum absolute atomic E-state index is 0.00388. The Labute approximate surface area is 271 Å². The maximum Gasteiger partial charge on any atom is 0.254 e. The second-order valence-electron chi connectivity index (χ2n) is 11.8. The summed E-state index contributed by atoms with van der Waals surface area (Å²) in [7, 11) is 0. The molecule has 2 N–H and O–H groups in total. The van der Waals surface area contributed by atoms with Crippen molar-refractivity contribution in [2.24, 2.45) is 0 Å². The fraction of sp³-hybridized carbons (Fsp3) is 0.343. The number of β-amino-alcohol motifs (C(OH)–C–C–N with tert-alkyl or cyclic N) is 1. The molecule has 0 bridgehead atoms. The van der Waals surface area contributed by atoms with Crippen LogP contribution in [-0.4, -0.2) is 64.0 Å². The van der Waals surface area contributed by atoms with E-state index in [1.54, 1.807) is 6.07 Å². The van der Waals surface area contributed by atoms with E-state index in [0.717, 1.165) is 57.9 Å². The highest BCUT2D eigenvalue weighted by atomic mass is 79.9. The molecule has 0 aliphatic carbocycles. The number of aliphatic hydroxyl groups is 1. The van der Waals surface area contributed by atoms with Gasteiger partial charge in [0.15, 0.2) is 12.2 Å². The molecule has 1 unspecified atom stereocenters. The van der Waals surface area contributed by atoms with E-state index in [-0.39, 0.29) is 18.4 Å². The smallest absolute Gasteiger partial charge is 0.254 e. The van der Waals surface area contributed by atoms with Crippen molar-refractivity contribution in [2.45, 2.75) is 52.5 Å². The number of benzene rings is 3. The van der Waals surface area contributed by atoms with Crippen LogP contribution in [0.4, 0.5) is 0 Å². The molecule has 6 rings (SSSR count). The summed E-state index contributed by atoms with van der Waals surface area (Å²) in [5.74, 6) is 1.36. The number of aromatic nitrogens is 1. The van der Waals surface area contributed by atoms with Crippen molar-refractivity contribution in [3.05, 3.63) is 116 Å². The normalized spacial score (nSPS) is 15.2. The Balaban J connectivity index is 0.981. The van der Waals surface area contributed by atoms with Gasteiger partial charge in [-0.05, 0) is 97.0 Å². The second-order valence-corrected chi connectivity index (χ2v) is 12.7. The van der Waals surface area contributed by atoms with Crippen LogP contribution in [0.2, 0.25) is 0 Å². The van der Waals surface area contributed by atoms with Gasteiger partial charge in [0.25, 0.3) is 11.8 Å². The summed E-state index contributed by atoms with van der Waals surface area (Å²) >= 11 is 3.41. The Morgan fingerprint density at radius 3 is 2.56 bits per heavy atom. The molecule has 1 aromatic heterocycles. The van der Waals surface area contributed by atoms with Crippen LogP contribution < -0.4 is 10.1 Å². The van der Waals surface area contributed by atoms with Crippen LogP contribution in [0.5, 0.6) is 5.75 Å². The molecule has 2 amide bonds. The van der Waals surface area contributed by atoms with E-state index in [0.29, 0.717) is 43.8 Å². The summed E-state index contributed by atoms with van der Waals surface area (Å²) in [5, 5.41) is 13.7. The zero-order valence-corrected chi connectivity index (χ0v) is 27.1. The van der Waals surface area contributed by atoms with E-state index >= 15 is 0 Å². The van der Waals surface area contributed by atoms with Crippen LogP contribution in [0.3, 0.4) is 0 Å². The molecule has 45 heavy (non-hydrogen) atoms. The SMILES string of the molecule is Cc1ncoc1COc1ccc2c(c1C)CCN(CC(O)CNC(=O)c1ccc3c(c1)CCN(C(=O)c1ccc(Br)cc1)C3)C2. The predicted octanol–water partition coefficient (Wildman–Crippen LogP) is 4.98. The first-order valence-electron chi connectivity index (χ1n) is 15.2. The quantitative estimate of drug-likeness (QED) is 0.258. The van der Waals surface area contributed by atoms with Crippen molar-refractivity contribution in [1.29, 1.82) is 0 Å². The van der Waals surface area contributed by atoms with E-state index in [9.17, 15) is 14.7 Å². The fourth-order valence-electron chi connectivity index (χ4n) is 6.12. The Bertz CT molecular complexity index is 1700. The predicted molar refractivity (Wildman–Crippen MR) is 173 cm³/mol. The Morgan fingerprint density at radius 1 is 1.00 bits per heavy atom. The summed E-state index contributed by atoms with van der Waals surface area (Å²) in [5.41, 5.74) is 7.82. The van der Waals surface area contributed by atoms with Gasteiger partial charge >= 0.3 is 0 Å². The minimum atomic E-state index is -0.694. The largest absolute Gasteiger partial charge is 0.485 e. The molecule has 0 saturated carbocycles. The first-order valence-corrected chi connectivity index (χ1v) is 16.0. The molecule has 2 aliphatic heterocycles. The van der Waals surface area contributed by atoms with E-state index in [1.165, 1.54) is 17.5 Å². The van der Waals surface area contributed by atoms with Crippen LogP contribution in [0.15, 0.2) is 69.9 Å². The highest BCUT2D eigenvalue weighted by Gasteiger charge is 2.24. The molecule has 4 aromatic rings. The number of nitrogens with one attached hydrogen (secondary N) is 1. The monoisotopic (exact) mass is 672 g/mol. The lowest BCUT2D eigenvalue weighted by Crippen LogP contribution is -2.42. The zero-order valence-electron chi connectivity index (χ0n) is 25.5. The first kappa shape index (κ1) is 31.0. The third kappa shape index (κ3) is 7.13. The third-order valence-electron chi connectivity index (χ3n) is 8.75. The number of aliphatic hydroxyl groups excluding tert-OH is 1. The molecule has 3 heterocycles. The average molecular weight is 674 g/mol. The molecule has 1 atom stereocenters. The number of carbonyl (C=O) groups excluding carboxylic acids is 2. The van der Waals surface area contributed by atoms with Gasteiger partial charge in [0.1, 0.15) is 12.4 Å². The zero-order chi connectivity index (χ0) is 31.5. The van der Waals surface area contributed by atoms with Gasteiger partial charge in [0.2, 0.25) is 0 Å². The van der Waals surface area contributed by atoms with Crippen molar-refractivity contribution in [3.8, 4) is 5.75 Å². The molecule has 3 aromatic carbocycles. The van der Waals surface area contributed by atoms with Crippen LogP contribution in [0.1, 0.15) is 60.0 Å². The molecular formula is C35H37BrN4O5. The van der Waals surface area contributed by atoms with Crippen molar-refractivity contribution in [2.75, 3.05) is 26.2 Å². The van der Waals surface area contributed by atoms with Gasteiger partial charge in [-0.2, -0.15) is 0 Å². The highest BCUT2D eigenvalue weighted by molar-refractivity contribution is 9.10. The topological polar surface area (TPSA) is 108 Å². The number of fused-ring (bicyclic) bond motifs is 2. The number of halogens is 1. The number of hydrogen-bond acceptors (Lipinski definition) is 7. The van der Waals surface area contributed by atoms with Crippen LogP contribution in [0.25, 0.3) is 0 Å². The van der Waals surface area contributed by atoms with Gasteiger partial charge in [0, 0.05) is 54.9 Å². The van der Waals surface area contributed by atoms with Crippen molar-refractivity contribution in [1.82, 2.24) is 20.1 Å². The Hall–Kier alpha value is -3.99. The van der Waals surface area contributed by atoms with Crippen molar-refractivity contribution in [3.63, 3.8) is 0 Å². The molecule has 2 aliphatic rings. The van der Waals surface area contributed by atoms with Gasteiger partial charge in [-0.25, -0.2) is 4.98 Å². The molecule has 10 heteroatoms. The van der Waals surface area contributed by atoms with Gasteiger partial charge in [-0.1, -0.05) is 28.1 Å². The number of amides is 2. The van der Waals surface area contributed by atoms with E-state index in [4.69, 9.17) is 9.15 Å². The summed E-state index contributed by atoms with van der Waals surface area (Å²) < 4.78 is 12.4. The fourth-order valence-corrected chi connectivity index (χ4v) is 6.38. The number of rotatable bonds is 9. The first-order chi connectivity index (χ1) is 21.7. The summed E-state index contributed by atoms with van der Waals surface area (Å²) in [6.07, 6.45) is 2.29. The molecule has 0 radical (unpaired) electrons. The van der Waals surface area contributed by atoms with Crippen LogP contribution in [-0.2, 0) is 32.5 Å². The molecule has 0 fully saturated rings. The lowest BCUT2D eigenvalue weighted by molar-refractivity contribution is 0.0734. The number of ether oxygens (including phenoxy) is 1. The number of aryl methyl sites for hydroxylation is 1. The minimum Gasteiger partial charge on any atom is -0.485 e. The van der Waals surface area contributed by atoms with Crippen LogP contribution >= 0.6 is 15.9 Å². The Kier molecular flexibility index (Phi) is 9.34. The number of oxazole rings is 1. The van der Waals surface area contributed by atoms with E-state index in [1.807, 2.05) is 54.3 Å². The van der Waals surface area contributed by atoms with E-state index in [2.05, 4.69) is 44.1 Å². The van der Waals surface area contributed by atoms with Gasteiger partial charge in [-0.3, -0.25) is 14.5 Å². The summed E-state index contributed by atoms with van der Waals surface area (Å²) in [6.45, 7) is 7.62. The lowest BCUT2D eigenvalue weighted by Gasteiger charge is -2.31. The van der Waals surface area contributed by atoms with Gasteiger partial charge in [-0.15, -0.1) is 0 Å². The van der Waals surface area contributed by atoms with Crippen molar-refractivity contribution < 1.29 is 23.8 Å². The standard InChI is InChI=1S/C35H37BrN4O5/c1-22-31-12-13-39(17-28(31)7-10-32(22)44-20-33-23(2)38-21-45-33)19-30(41)16-37-34(42)26-3-4-27-18-40(14-11-25(27)15-26)35(43)24-5-8-29(36)9-6-24/h3-10,15,21,30,41H,11-14,16-20H2,1-2H3,(H,37,42). The maximum atomic E-state index is 13.0. The Morgan fingerprint density at radius 2 is 1.78 bits per heavy atom. The van der Waals surface area contributed by atoms with E-state index < -0.39 is 6.10 Å². The highest BCUT2D eigenvalue weighted by Crippen LogP contribution is 2.30. The lowest BCUT2D eigenvalue weighted by atomic mass is 9.94. The number of nitrogens with zero attached hydrogens (tertiary/aromatic N) is 3. The number of carbonyl (C=O) groups is 2. The average Bonchev–Trinajstić information content (AvgIpc) is 3.47. The van der Waals surface area contributed by atoms with Crippen LogP contribution in [0, 0.1) is 13.8 Å². The summed E-state index contributed by atoms with van der Waals surface area (Å²) in [6, 6.07) is 17.1. The van der Waals surface area contributed by atoms with Gasteiger partial charge < -0.3 is 24.5 Å². The molecule has 234 valence electrons. The molecule has 0 spiro atoms. The second kappa shape index (κ2) is 13.6. The number of hydrogen-bond donors (Lipinski definition) is 2. The third-order valence-corrected chi connectivity index (χ3v) is 9.28. The molecule has 0 saturated heterocycles. The van der Waals surface area contributed by atoms with Gasteiger partial charge in [0.05, 0.1) is 11.8 Å².